The van der Waals surface area contributed by atoms with Crippen LogP contribution in [0.3, 0.4) is 0 Å². The predicted octanol–water partition coefficient (Wildman–Crippen LogP) is 2.18. The fraction of sp³-hybridized carbons (Fsp3) is 0.462. The fourth-order valence-electron chi connectivity index (χ4n) is 1.64. The molecule has 1 amide bonds. The maximum Gasteiger partial charge on any atom is 0.254 e. The molecule has 0 fully saturated rings. The summed E-state index contributed by atoms with van der Waals surface area (Å²) in [5.74, 6) is 0.0614. The van der Waals surface area contributed by atoms with E-state index in [1.165, 1.54) is 0 Å². The molecule has 100 valence electrons. The molecule has 0 radical (unpaired) electrons. The zero-order chi connectivity index (χ0) is 13.5. The van der Waals surface area contributed by atoms with Crippen LogP contribution in [-0.2, 0) is 4.74 Å². The number of carbonyl (C=O) groups is 1. The molecule has 0 aliphatic rings. The summed E-state index contributed by atoms with van der Waals surface area (Å²) in [7, 11) is 1.61. The van der Waals surface area contributed by atoms with Gasteiger partial charge in [0.2, 0.25) is 0 Å². The Hall–Kier alpha value is -1.07. The van der Waals surface area contributed by atoms with Gasteiger partial charge in [0, 0.05) is 36.7 Å². The molecule has 1 N–H and O–H groups in total. The first-order valence-corrected chi connectivity index (χ1v) is 6.86. The number of hydrogen-bond acceptors (Lipinski definition) is 3. The van der Waals surface area contributed by atoms with Crippen molar-refractivity contribution in [2.75, 3.05) is 32.1 Å². The van der Waals surface area contributed by atoms with Gasteiger partial charge < -0.3 is 14.7 Å². The highest BCUT2D eigenvalue weighted by Gasteiger charge is 2.18. The number of ether oxygens (including phenoxy) is 1. The number of nitrogens with zero attached hydrogens (tertiary/aromatic N) is 1. The number of phenols is 1. The highest BCUT2D eigenvalue weighted by atomic mass is 79.9. The number of methoxy groups -OCH3 is 1. The van der Waals surface area contributed by atoms with Gasteiger partial charge in [0.15, 0.2) is 0 Å². The zero-order valence-corrected chi connectivity index (χ0v) is 12.2. The Kier molecular flexibility index (Phi) is 6.15. The molecule has 1 aromatic carbocycles. The molecule has 18 heavy (non-hydrogen) atoms. The molecule has 0 saturated carbocycles. The third-order valence-electron chi connectivity index (χ3n) is 2.74. The van der Waals surface area contributed by atoms with Gasteiger partial charge >= 0.3 is 0 Å². The molecule has 5 heteroatoms. The third kappa shape index (κ3) is 3.71. The maximum atomic E-state index is 12.4. The highest BCUT2D eigenvalue weighted by Crippen LogP contribution is 2.20. The molecule has 0 aromatic heterocycles. The zero-order valence-electron chi connectivity index (χ0n) is 10.6. The molecule has 0 aliphatic heterocycles. The molecule has 0 saturated heterocycles. The second-order valence-electron chi connectivity index (χ2n) is 3.92. The van der Waals surface area contributed by atoms with Crippen LogP contribution in [0.1, 0.15) is 15.9 Å². The molecular weight excluding hydrogens is 298 g/mol. The van der Waals surface area contributed by atoms with Crippen molar-refractivity contribution in [2.45, 2.75) is 6.92 Å². The van der Waals surface area contributed by atoms with E-state index in [2.05, 4.69) is 15.9 Å². The topological polar surface area (TPSA) is 49.8 Å². The van der Waals surface area contributed by atoms with Crippen molar-refractivity contribution < 1.29 is 14.6 Å². The summed E-state index contributed by atoms with van der Waals surface area (Å²) in [4.78, 5) is 14.1. The van der Waals surface area contributed by atoms with E-state index >= 15 is 0 Å². The van der Waals surface area contributed by atoms with Gasteiger partial charge in [-0.05, 0) is 19.1 Å². The van der Waals surface area contributed by atoms with E-state index in [1.807, 2.05) is 0 Å². The minimum atomic E-state index is -0.0834. The molecule has 1 aromatic rings. The minimum absolute atomic E-state index is 0.0834. The van der Waals surface area contributed by atoms with Crippen LogP contribution in [0.2, 0.25) is 0 Å². The average Bonchev–Trinajstić information content (AvgIpc) is 2.37. The Morgan fingerprint density at radius 3 is 2.78 bits per heavy atom. The predicted molar refractivity (Wildman–Crippen MR) is 74.4 cm³/mol. The van der Waals surface area contributed by atoms with Crippen LogP contribution in [0.15, 0.2) is 18.2 Å². The summed E-state index contributed by atoms with van der Waals surface area (Å²) in [6.07, 6.45) is 0. The molecule has 0 atom stereocenters. The molecular formula is C13H18BrNO3. The number of amides is 1. The third-order valence-corrected chi connectivity index (χ3v) is 3.10. The molecule has 4 nitrogen and oxygen atoms in total. The van der Waals surface area contributed by atoms with Gasteiger partial charge in [0.1, 0.15) is 5.75 Å². The number of alkyl halides is 1. The number of benzene rings is 1. The maximum absolute atomic E-state index is 12.4. The van der Waals surface area contributed by atoms with Gasteiger partial charge in [-0.25, -0.2) is 0 Å². The van der Waals surface area contributed by atoms with Crippen molar-refractivity contribution in [1.82, 2.24) is 4.90 Å². The van der Waals surface area contributed by atoms with Gasteiger partial charge in [0.25, 0.3) is 5.91 Å². The molecule has 0 aliphatic carbocycles. The Balaban J connectivity index is 2.90. The Morgan fingerprint density at radius 1 is 1.44 bits per heavy atom. The number of hydrogen-bond donors (Lipinski definition) is 1. The summed E-state index contributed by atoms with van der Waals surface area (Å²) in [5.41, 5.74) is 1.14. The Morgan fingerprint density at radius 2 is 2.17 bits per heavy atom. The number of halogens is 1. The Labute approximate surface area is 116 Å². The van der Waals surface area contributed by atoms with Gasteiger partial charge in [-0.3, -0.25) is 4.79 Å². The molecule has 0 heterocycles. The van der Waals surface area contributed by atoms with E-state index in [0.29, 0.717) is 36.2 Å². The molecule has 1 rings (SSSR count). The minimum Gasteiger partial charge on any atom is -0.508 e. The first-order chi connectivity index (χ1) is 8.61. The summed E-state index contributed by atoms with van der Waals surface area (Å²) >= 11 is 3.33. The van der Waals surface area contributed by atoms with Crippen molar-refractivity contribution >= 4 is 21.8 Å². The number of phenolic OH excluding ortho intramolecular Hbond substituents is 1. The quantitative estimate of drug-likeness (QED) is 0.819. The van der Waals surface area contributed by atoms with Crippen LogP contribution in [0, 0.1) is 6.92 Å². The van der Waals surface area contributed by atoms with Crippen molar-refractivity contribution in [3.63, 3.8) is 0 Å². The van der Waals surface area contributed by atoms with E-state index in [-0.39, 0.29) is 11.7 Å². The van der Waals surface area contributed by atoms with Crippen molar-refractivity contribution in [3.8, 4) is 5.75 Å². The van der Waals surface area contributed by atoms with Crippen LogP contribution in [0.5, 0.6) is 5.75 Å². The smallest absolute Gasteiger partial charge is 0.254 e. The fourth-order valence-corrected chi connectivity index (χ4v) is 2.07. The standard InChI is InChI=1S/C13H18BrNO3/c1-10-11(4-3-5-12(10)16)13(17)15(7-6-14)8-9-18-2/h3-5,16H,6-9H2,1-2H3. The molecule has 0 unspecified atom stereocenters. The van der Waals surface area contributed by atoms with Gasteiger partial charge in [0.05, 0.1) is 6.61 Å². The van der Waals surface area contributed by atoms with Crippen molar-refractivity contribution in [2.24, 2.45) is 0 Å². The van der Waals surface area contributed by atoms with Crippen molar-refractivity contribution in [1.29, 1.82) is 0 Å². The normalized spacial score (nSPS) is 10.4. The van der Waals surface area contributed by atoms with E-state index in [4.69, 9.17) is 4.74 Å². The summed E-state index contributed by atoms with van der Waals surface area (Å²) in [6.45, 7) is 3.38. The second-order valence-corrected chi connectivity index (χ2v) is 4.72. The molecule has 0 bridgehead atoms. The lowest BCUT2D eigenvalue weighted by Crippen LogP contribution is -2.35. The van der Waals surface area contributed by atoms with Crippen LogP contribution >= 0.6 is 15.9 Å². The second kappa shape index (κ2) is 7.38. The monoisotopic (exact) mass is 315 g/mol. The number of aromatic hydroxyl groups is 1. The van der Waals surface area contributed by atoms with Gasteiger partial charge in [-0.15, -0.1) is 0 Å². The SMILES string of the molecule is COCCN(CCBr)C(=O)c1cccc(O)c1C. The summed E-state index contributed by atoms with van der Waals surface area (Å²) in [5, 5.41) is 10.3. The van der Waals surface area contributed by atoms with E-state index < -0.39 is 0 Å². The first-order valence-electron chi connectivity index (χ1n) is 5.74. The van der Waals surface area contributed by atoms with Crippen LogP contribution in [0.4, 0.5) is 0 Å². The molecule has 0 spiro atoms. The summed E-state index contributed by atoms with van der Waals surface area (Å²) in [6, 6.07) is 4.99. The van der Waals surface area contributed by atoms with Gasteiger partial charge in [-0.2, -0.15) is 0 Å². The summed E-state index contributed by atoms with van der Waals surface area (Å²) < 4.78 is 5.00. The van der Waals surface area contributed by atoms with Crippen LogP contribution in [-0.4, -0.2) is 48.0 Å². The lowest BCUT2D eigenvalue weighted by atomic mass is 10.1. The van der Waals surface area contributed by atoms with E-state index in [9.17, 15) is 9.90 Å². The van der Waals surface area contributed by atoms with Crippen molar-refractivity contribution in [3.05, 3.63) is 29.3 Å². The average molecular weight is 316 g/mol. The highest BCUT2D eigenvalue weighted by molar-refractivity contribution is 9.09. The first kappa shape index (κ1) is 15.0. The van der Waals surface area contributed by atoms with E-state index in [1.54, 1.807) is 37.1 Å². The number of rotatable bonds is 6. The Bertz CT molecular complexity index is 409. The van der Waals surface area contributed by atoms with E-state index in [0.717, 1.165) is 0 Å². The number of carbonyl (C=O) groups excluding carboxylic acids is 1. The lowest BCUT2D eigenvalue weighted by molar-refractivity contribution is 0.0707. The largest absolute Gasteiger partial charge is 0.508 e. The lowest BCUT2D eigenvalue weighted by Gasteiger charge is -2.22. The van der Waals surface area contributed by atoms with Crippen LogP contribution in [0.25, 0.3) is 0 Å². The van der Waals surface area contributed by atoms with Gasteiger partial charge in [-0.1, -0.05) is 22.0 Å². The van der Waals surface area contributed by atoms with Crippen LogP contribution < -0.4 is 0 Å².